The molecule has 6 heteroatoms. The zero-order valence-corrected chi connectivity index (χ0v) is 21.1. The number of benzene rings is 2. The Balaban J connectivity index is 1.83. The fourth-order valence-corrected chi connectivity index (χ4v) is 7.46. The molecule has 4 nitrogen and oxygen atoms in total. The molecule has 0 saturated carbocycles. The van der Waals surface area contributed by atoms with Gasteiger partial charge in [-0.2, -0.15) is 0 Å². The Hall–Kier alpha value is -4.00. The van der Waals surface area contributed by atoms with Crippen molar-refractivity contribution in [2.45, 2.75) is 13.8 Å². The molecule has 0 aliphatic rings. The number of nitrogens with zero attached hydrogens (tertiary/aromatic N) is 2. The molecule has 0 aliphatic heterocycles. The van der Waals surface area contributed by atoms with Gasteiger partial charge in [-0.3, -0.25) is 18.4 Å². The molecule has 8 aromatic rings. The number of hydrogen-bond acceptors (Lipinski definition) is 4. The van der Waals surface area contributed by atoms with E-state index in [2.05, 4.69) is 26.0 Å². The number of thiophene rings is 2. The van der Waals surface area contributed by atoms with Crippen molar-refractivity contribution in [2.75, 3.05) is 0 Å². The van der Waals surface area contributed by atoms with Gasteiger partial charge in [-0.15, -0.1) is 22.7 Å². The van der Waals surface area contributed by atoms with Gasteiger partial charge in [-0.25, -0.2) is 0 Å². The van der Waals surface area contributed by atoms with Gasteiger partial charge in [0.15, 0.2) is 0 Å². The predicted molar refractivity (Wildman–Crippen MR) is 152 cm³/mol. The van der Waals surface area contributed by atoms with Crippen molar-refractivity contribution in [3.63, 3.8) is 0 Å². The summed E-state index contributed by atoms with van der Waals surface area (Å²) >= 11 is 3.11. The third-order valence-electron chi connectivity index (χ3n) is 7.34. The van der Waals surface area contributed by atoms with E-state index < -0.39 is 0 Å². The molecule has 0 unspecified atom stereocenters. The standard InChI is InChI=1S/C30H18N2O2S2/c1-15-7-9-19-17(13-15)23-25(21-5-3-11-35-21)29(33)32-20-10-8-16(2)14-18(20)24-26(22-6-4-12-36-22)30(34)31(19)27(23)28(24)32/h3-14H,1-2H3. The summed E-state index contributed by atoms with van der Waals surface area (Å²) in [6, 6.07) is 20.3. The monoisotopic (exact) mass is 502 g/mol. The number of aryl methyl sites for hydroxylation is 2. The highest BCUT2D eigenvalue weighted by Crippen LogP contribution is 2.44. The summed E-state index contributed by atoms with van der Waals surface area (Å²) in [7, 11) is 0. The van der Waals surface area contributed by atoms with Crippen LogP contribution in [0.25, 0.3) is 64.5 Å². The second-order valence-corrected chi connectivity index (χ2v) is 11.4. The highest BCUT2D eigenvalue weighted by atomic mass is 32.1. The fourth-order valence-electron chi connectivity index (χ4n) is 5.92. The van der Waals surface area contributed by atoms with Crippen LogP contribution in [-0.4, -0.2) is 8.80 Å². The summed E-state index contributed by atoms with van der Waals surface area (Å²) in [5, 5.41) is 7.62. The molecule has 0 radical (unpaired) electrons. The van der Waals surface area contributed by atoms with Crippen molar-refractivity contribution in [1.82, 2.24) is 8.80 Å². The lowest BCUT2D eigenvalue weighted by molar-refractivity contribution is 1.15. The summed E-state index contributed by atoms with van der Waals surface area (Å²) in [6.45, 7) is 4.10. The van der Waals surface area contributed by atoms with Gasteiger partial charge in [0, 0.05) is 31.3 Å². The van der Waals surface area contributed by atoms with E-state index in [1.807, 2.05) is 68.1 Å². The lowest BCUT2D eigenvalue weighted by Gasteiger charge is -2.10. The minimum Gasteiger partial charge on any atom is -0.273 e. The first-order valence-corrected chi connectivity index (χ1v) is 13.5. The van der Waals surface area contributed by atoms with Crippen molar-refractivity contribution in [2.24, 2.45) is 0 Å². The van der Waals surface area contributed by atoms with E-state index >= 15 is 0 Å². The molecule has 0 saturated heterocycles. The maximum atomic E-state index is 14.5. The van der Waals surface area contributed by atoms with Crippen molar-refractivity contribution in [3.8, 4) is 20.9 Å². The van der Waals surface area contributed by atoms with Crippen LogP contribution in [0, 0.1) is 13.8 Å². The molecule has 6 aromatic heterocycles. The summed E-state index contributed by atoms with van der Waals surface area (Å²) in [6.07, 6.45) is 0. The van der Waals surface area contributed by atoms with Crippen LogP contribution >= 0.6 is 22.7 Å². The third kappa shape index (κ3) is 2.33. The van der Waals surface area contributed by atoms with Crippen LogP contribution in [-0.2, 0) is 0 Å². The lowest BCUT2D eigenvalue weighted by atomic mass is 10.0. The van der Waals surface area contributed by atoms with Gasteiger partial charge < -0.3 is 0 Å². The van der Waals surface area contributed by atoms with Gasteiger partial charge in [0.05, 0.1) is 33.2 Å². The normalized spacial score (nSPS) is 12.4. The average Bonchev–Trinajstić information content (AvgIpc) is 3.65. The van der Waals surface area contributed by atoms with Crippen LogP contribution in [0.4, 0.5) is 0 Å². The summed E-state index contributed by atoms with van der Waals surface area (Å²) in [5.41, 5.74) is 6.77. The minimum absolute atomic E-state index is 0.0412. The summed E-state index contributed by atoms with van der Waals surface area (Å²) in [4.78, 5) is 30.7. The van der Waals surface area contributed by atoms with E-state index in [1.54, 1.807) is 22.7 Å². The summed E-state index contributed by atoms with van der Waals surface area (Å²) < 4.78 is 3.70. The van der Waals surface area contributed by atoms with Crippen LogP contribution in [0.1, 0.15) is 11.1 Å². The largest absolute Gasteiger partial charge is 0.273 e. The van der Waals surface area contributed by atoms with Crippen molar-refractivity contribution >= 4 is 66.3 Å². The second kappa shape index (κ2) is 6.81. The van der Waals surface area contributed by atoms with Crippen LogP contribution < -0.4 is 11.1 Å². The predicted octanol–water partition coefficient (Wildman–Crippen LogP) is 7.32. The topological polar surface area (TPSA) is 43.0 Å². The molecular formula is C30H18N2O2S2. The van der Waals surface area contributed by atoms with E-state index in [4.69, 9.17) is 0 Å². The molecule has 0 aliphatic carbocycles. The Morgan fingerprint density at radius 1 is 0.611 bits per heavy atom. The first-order chi connectivity index (χ1) is 17.5. The van der Waals surface area contributed by atoms with E-state index in [0.717, 1.165) is 64.5 Å². The number of aromatic nitrogens is 2. The minimum atomic E-state index is -0.0412. The number of rotatable bonds is 2. The zero-order valence-electron chi connectivity index (χ0n) is 19.5. The van der Waals surface area contributed by atoms with Gasteiger partial charge in [0.25, 0.3) is 11.1 Å². The molecule has 8 rings (SSSR count). The highest BCUT2D eigenvalue weighted by molar-refractivity contribution is 7.14. The van der Waals surface area contributed by atoms with Crippen molar-refractivity contribution in [1.29, 1.82) is 0 Å². The van der Waals surface area contributed by atoms with Gasteiger partial charge >= 0.3 is 0 Å². The smallest absolute Gasteiger partial charge is 0.265 e. The van der Waals surface area contributed by atoms with Crippen LogP contribution in [0.5, 0.6) is 0 Å². The van der Waals surface area contributed by atoms with Crippen LogP contribution in [0.3, 0.4) is 0 Å². The quantitative estimate of drug-likeness (QED) is 0.249. The molecule has 0 amide bonds. The molecule has 0 spiro atoms. The Labute approximate surface area is 212 Å². The third-order valence-corrected chi connectivity index (χ3v) is 9.11. The molecule has 36 heavy (non-hydrogen) atoms. The molecule has 0 fully saturated rings. The van der Waals surface area contributed by atoms with E-state index in [1.165, 1.54) is 0 Å². The van der Waals surface area contributed by atoms with Gasteiger partial charge in [0.1, 0.15) is 0 Å². The molecular weight excluding hydrogens is 484 g/mol. The van der Waals surface area contributed by atoms with Gasteiger partial charge in [-0.1, -0.05) is 35.4 Å². The Morgan fingerprint density at radius 2 is 1.06 bits per heavy atom. The Morgan fingerprint density at radius 3 is 1.44 bits per heavy atom. The van der Waals surface area contributed by atoms with Crippen molar-refractivity contribution < 1.29 is 0 Å². The van der Waals surface area contributed by atoms with Crippen LogP contribution in [0.15, 0.2) is 81.0 Å². The second-order valence-electron chi connectivity index (χ2n) is 9.47. The molecule has 172 valence electrons. The lowest BCUT2D eigenvalue weighted by Crippen LogP contribution is -2.19. The number of pyridine rings is 2. The van der Waals surface area contributed by atoms with E-state index in [0.29, 0.717) is 11.1 Å². The maximum Gasteiger partial charge on any atom is 0.265 e. The number of hydrogen-bond donors (Lipinski definition) is 0. The van der Waals surface area contributed by atoms with Crippen molar-refractivity contribution in [3.05, 3.63) is 103 Å². The van der Waals surface area contributed by atoms with E-state index in [9.17, 15) is 9.59 Å². The van der Waals surface area contributed by atoms with E-state index in [-0.39, 0.29) is 11.1 Å². The Kier molecular flexibility index (Phi) is 3.83. The molecule has 0 bridgehead atoms. The van der Waals surface area contributed by atoms with Crippen LogP contribution in [0.2, 0.25) is 0 Å². The SMILES string of the molecule is Cc1ccc2c(c1)c1c(-c3cccs3)c(=O)n3c4ccc(C)cc4c4c(-c5cccs5)c(=O)n2c1c43. The average molecular weight is 503 g/mol. The molecule has 6 heterocycles. The maximum absolute atomic E-state index is 14.5. The first-order valence-electron chi connectivity index (χ1n) is 11.8. The Bertz CT molecular complexity index is 2090. The molecule has 0 N–H and O–H groups in total. The zero-order chi connectivity index (χ0) is 24.3. The van der Waals surface area contributed by atoms with Gasteiger partial charge in [-0.05, 0) is 61.0 Å². The molecule has 2 aromatic carbocycles. The fraction of sp³-hybridized carbons (Fsp3) is 0.0667. The summed E-state index contributed by atoms with van der Waals surface area (Å²) in [5.74, 6) is 0. The van der Waals surface area contributed by atoms with Gasteiger partial charge in [0.2, 0.25) is 0 Å². The first kappa shape index (κ1) is 20.2. The molecule has 0 atom stereocenters. The highest BCUT2D eigenvalue weighted by Gasteiger charge is 2.29. The number of fused-ring (bicyclic) bond motifs is 6.